The minimum absolute atomic E-state index is 0.0893. The Morgan fingerprint density at radius 3 is 2.85 bits per heavy atom. The highest BCUT2D eigenvalue weighted by Gasteiger charge is 2.19. The summed E-state index contributed by atoms with van der Waals surface area (Å²) < 4.78 is 31.8. The van der Waals surface area contributed by atoms with Crippen molar-refractivity contribution in [2.75, 3.05) is 4.72 Å². The zero-order chi connectivity index (χ0) is 14.2. The van der Waals surface area contributed by atoms with Gasteiger partial charge in [-0.1, -0.05) is 12.1 Å². The molecule has 0 amide bonds. The molecule has 3 rings (SSSR count). The number of sulfonamides is 1. The standard InChI is InChI=1S/C12H10N4O3S/c1-8-14-12(15-19-8)16-20(17,18)11-4-2-3-9-7-13-6-5-10(9)11/h2-7H,1H3,(H,15,16). The van der Waals surface area contributed by atoms with Crippen LogP contribution in [0.3, 0.4) is 0 Å². The molecule has 0 aliphatic heterocycles. The van der Waals surface area contributed by atoms with Crippen LogP contribution in [0, 0.1) is 6.92 Å². The van der Waals surface area contributed by atoms with Gasteiger partial charge >= 0.3 is 0 Å². The molecule has 1 N–H and O–H groups in total. The smallest absolute Gasteiger partial charge is 0.277 e. The van der Waals surface area contributed by atoms with E-state index < -0.39 is 10.0 Å². The molecular weight excluding hydrogens is 280 g/mol. The van der Waals surface area contributed by atoms with E-state index in [4.69, 9.17) is 4.52 Å². The fraction of sp³-hybridized carbons (Fsp3) is 0.0833. The lowest BCUT2D eigenvalue weighted by atomic mass is 10.2. The minimum Gasteiger partial charge on any atom is -0.338 e. The Morgan fingerprint density at radius 2 is 2.10 bits per heavy atom. The van der Waals surface area contributed by atoms with Gasteiger partial charge in [0.15, 0.2) is 0 Å². The molecular formula is C12H10N4O3S. The summed E-state index contributed by atoms with van der Waals surface area (Å²) in [5.41, 5.74) is 0. The van der Waals surface area contributed by atoms with Crippen molar-refractivity contribution in [1.29, 1.82) is 0 Å². The van der Waals surface area contributed by atoms with Gasteiger partial charge in [-0.05, 0) is 17.3 Å². The van der Waals surface area contributed by atoms with E-state index in [2.05, 4.69) is 19.8 Å². The third-order valence-corrected chi connectivity index (χ3v) is 4.07. The first-order valence-corrected chi connectivity index (χ1v) is 7.20. The lowest BCUT2D eigenvalue weighted by Crippen LogP contribution is -2.14. The molecule has 7 nitrogen and oxygen atoms in total. The highest BCUT2D eigenvalue weighted by atomic mass is 32.2. The van der Waals surface area contributed by atoms with E-state index in [1.807, 2.05) is 0 Å². The Morgan fingerprint density at radius 1 is 1.25 bits per heavy atom. The second-order valence-electron chi connectivity index (χ2n) is 4.10. The fourth-order valence-electron chi connectivity index (χ4n) is 1.84. The van der Waals surface area contributed by atoms with Gasteiger partial charge in [-0.15, -0.1) is 0 Å². The number of rotatable bonds is 3. The normalized spacial score (nSPS) is 11.7. The number of nitrogens with zero attached hydrogens (tertiary/aromatic N) is 3. The SMILES string of the molecule is Cc1nc(NS(=O)(=O)c2cccc3cnccc23)no1. The third kappa shape index (κ3) is 2.21. The first-order chi connectivity index (χ1) is 9.56. The molecule has 0 spiro atoms. The molecule has 3 aromatic rings. The van der Waals surface area contributed by atoms with Gasteiger partial charge in [0.05, 0.1) is 4.90 Å². The van der Waals surface area contributed by atoms with Gasteiger partial charge in [0.2, 0.25) is 5.89 Å². The van der Waals surface area contributed by atoms with Crippen molar-refractivity contribution >= 4 is 26.7 Å². The lowest BCUT2D eigenvalue weighted by molar-refractivity contribution is 0.395. The Balaban J connectivity index is 2.09. The van der Waals surface area contributed by atoms with E-state index in [9.17, 15) is 8.42 Å². The number of aryl methyl sites for hydroxylation is 1. The van der Waals surface area contributed by atoms with Gasteiger partial charge in [-0.25, -0.2) is 13.1 Å². The molecule has 2 heterocycles. The minimum atomic E-state index is -3.79. The summed E-state index contributed by atoms with van der Waals surface area (Å²) in [4.78, 5) is 7.93. The molecule has 0 fully saturated rings. The molecule has 0 radical (unpaired) electrons. The number of anilines is 1. The number of hydrogen-bond donors (Lipinski definition) is 1. The molecule has 0 bridgehead atoms. The van der Waals surface area contributed by atoms with Crippen molar-refractivity contribution in [3.8, 4) is 0 Å². The summed E-state index contributed by atoms with van der Waals surface area (Å²) in [6, 6.07) is 6.60. The molecule has 2 aromatic heterocycles. The van der Waals surface area contributed by atoms with E-state index in [1.165, 1.54) is 6.07 Å². The molecule has 0 saturated carbocycles. The molecule has 0 aliphatic carbocycles. The lowest BCUT2D eigenvalue weighted by Gasteiger charge is -2.07. The quantitative estimate of drug-likeness (QED) is 0.788. The maximum Gasteiger partial charge on any atom is 0.277 e. The van der Waals surface area contributed by atoms with Crippen LogP contribution in [0.5, 0.6) is 0 Å². The first kappa shape index (κ1) is 12.5. The van der Waals surface area contributed by atoms with Gasteiger partial charge in [0.1, 0.15) is 0 Å². The van der Waals surface area contributed by atoms with Crippen molar-refractivity contribution in [3.63, 3.8) is 0 Å². The van der Waals surface area contributed by atoms with Gasteiger partial charge in [-0.3, -0.25) is 4.98 Å². The van der Waals surface area contributed by atoms with Crippen molar-refractivity contribution in [3.05, 3.63) is 42.5 Å². The summed E-state index contributed by atoms with van der Waals surface area (Å²) in [6.07, 6.45) is 3.15. The molecule has 1 aromatic carbocycles. The van der Waals surface area contributed by atoms with Crippen LogP contribution in [0.2, 0.25) is 0 Å². The third-order valence-electron chi connectivity index (χ3n) is 2.68. The van der Waals surface area contributed by atoms with Crippen molar-refractivity contribution < 1.29 is 12.9 Å². The zero-order valence-corrected chi connectivity index (χ0v) is 11.3. The zero-order valence-electron chi connectivity index (χ0n) is 10.4. The summed E-state index contributed by atoms with van der Waals surface area (Å²) >= 11 is 0. The van der Waals surface area contributed by atoms with E-state index in [-0.39, 0.29) is 16.7 Å². The monoisotopic (exact) mass is 290 g/mol. The molecule has 0 saturated heterocycles. The van der Waals surface area contributed by atoms with Gasteiger partial charge < -0.3 is 4.52 Å². The predicted molar refractivity (Wildman–Crippen MR) is 71.6 cm³/mol. The molecule has 0 unspecified atom stereocenters. The van der Waals surface area contributed by atoms with E-state index in [0.717, 1.165) is 5.39 Å². The van der Waals surface area contributed by atoms with Gasteiger partial charge in [-0.2, -0.15) is 4.98 Å². The van der Waals surface area contributed by atoms with Crippen molar-refractivity contribution in [1.82, 2.24) is 15.1 Å². The van der Waals surface area contributed by atoms with Crippen LogP contribution in [-0.4, -0.2) is 23.5 Å². The van der Waals surface area contributed by atoms with Crippen molar-refractivity contribution in [2.45, 2.75) is 11.8 Å². The van der Waals surface area contributed by atoms with Crippen LogP contribution >= 0.6 is 0 Å². The van der Waals surface area contributed by atoms with Crippen LogP contribution in [0.1, 0.15) is 5.89 Å². The van der Waals surface area contributed by atoms with Crippen LogP contribution < -0.4 is 4.72 Å². The summed E-state index contributed by atoms with van der Waals surface area (Å²) in [5, 5.41) is 4.83. The summed E-state index contributed by atoms with van der Waals surface area (Å²) in [7, 11) is -3.79. The average Bonchev–Trinajstić information content (AvgIpc) is 2.82. The second-order valence-corrected chi connectivity index (χ2v) is 5.75. The second kappa shape index (κ2) is 4.57. The number of pyridine rings is 1. The number of benzene rings is 1. The molecule has 20 heavy (non-hydrogen) atoms. The molecule has 0 aliphatic rings. The van der Waals surface area contributed by atoms with Crippen LogP contribution in [0.15, 0.2) is 46.1 Å². The van der Waals surface area contributed by atoms with Crippen LogP contribution in [0.25, 0.3) is 10.8 Å². The maximum absolute atomic E-state index is 12.4. The van der Waals surface area contributed by atoms with Crippen LogP contribution in [-0.2, 0) is 10.0 Å². The topological polar surface area (TPSA) is 98.0 Å². The van der Waals surface area contributed by atoms with E-state index >= 15 is 0 Å². The Labute approximate surface area is 114 Å². The Hall–Kier alpha value is -2.48. The largest absolute Gasteiger partial charge is 0.338 e. The van der Waals surface area contributed by atoms with Crippen molar-refractivity contribution in [2.24, 2.45) is 0 Å². The predicted octanol–water partition coefficient (Wildman–Crippen LogP) is 1.73. The fourth-order valence-corrected chi connectivity index (χ4v) is 3.01. The highest BCUT2D eigenvalue weighted by molar-refractivity contribution is 7.93. The molecule has 0 atom stereocenters. The molecule has 8 heteroatoms. The first-order valence-electron chi connectivity index (χ1n) is 5.72. The van der Waals surface area contributed by atoms with Crippen LogP contribution in [0.4, 0.5) is 5.95 Å². The number of aromatic nitrogens is 3. The number of nitrogens with one attached hydrogen (secondary N) is 1. The van der Waals surface area contributed by atoms with Gasteiger partial charge in [0.25, 0.3) is 16.0 Å². The van der Waals surface area contributed by atoms with Gasteiger partial charge in [0, 0.05) is 30.1 Å². The maximum atomic E-state index is 12.4. The summed E-state index contributed by atoms with van der Waals surface area (Å²) in [5.74, 6) is 0.193. The molecule has 102 valence electrons. The van der Waals surface area contributed by atoms with E-state index in [0.29, 0.717) is 5.39 Å². The summed E-state index contributed by atoms with van der Waals surface area (Å²) in [6.45, 7) is 1.58. The number of hydrogen-bond acceptors (Lipinski definition) is 6. The average molecular weight is 290 g/mol. The highest BCUT2D eigenvalue weighted by Crippen LogP contribution is 2.23. The van der Waals surface area contributed by atoms with E-state index in [1.54, 1.807) is 37.5 Å². The Bertz CT molecular complexity index is 868. The number of fused-ring (bicyclic) bond motifs is 1. The Kier molecular flexibility index (Phi) is 2.87.